The summed E-state index contributed by atoms with van der Waals surface area (Å²) < 4.78 is 5.41. The molecule has 0 bridgehead atoms. The van der Waals surface area contributed by atoms with E-state index in [1.165, 1.54) is 11.1 Å². The maximum atomic E-state index is 13.4. The largest absolute Gasteiger partial charge is 0.497 e. The summed E-state index contributed by atoms with van der Waals surface area (Å²) in [5.74, 6) is 0.851. The number of carbonyl (C=O) groups is 1. The molecule has 1 aliphatic rings. The number of aromatic nitrogens is 1. The van der Waals surface area contributed by atoms with E-state index in [1.54, 1.807) is 7.11 Å². The van der Waals surface area contributed by atoms with Crippen LogP contribution in [0.15, 0.2) is 54.7 Å². The molecule has 0 saturated carbocycles. The lowest BCUT2D eigenvalue weighted by molar-refractivity contribution is -0.134. The third kappa shape index (κ3) is 5.95. The number of nitrogens with two attached hydrogens (primary N) is 1. The second-order valence-corrected chi connectivity index (χ2v) is 8.58. The Morgan fingerprint density at radius 1 is 1.17 bits per heavy atom. The lowest BCUT2D eigenvalue weighted by Gasteiger charge is -2.34. The van der Waals surface area contributed by atoms with Crippen LogP contribution in [-0.4, -0.2) is 54.0 Å². The van der Waals surface area contributed by atoms with E-state index in [1.807, 2.05) is 50.9 Å². The van der Waals surface area contributed by atoms with Crippen molar-refractivity contribution in [3.63, 3.8) is 0 Å². The van der Waals surface area contributed by atoms with Crippen molar-refractivity contribution in [1.82, 2.24) is 14.8 Å². The number of rotatable bonds is 8. The average molecular weight is 477 g/mol. The molecular formula is C29H40N4O2. The lowest BCUT2D eigenvalue weighted by Crippen LogP contribution is -2.43. The Labute approximate surface area is 209 Å². The summed E-state index contributed by atoms with van der Waals surface area (Å²) in [4.78, 5) is 21.0. The van der Waals surface area contributed by atoms with Gasteiger partial charge in [0, 0.05) is 56.4 Å². The first-order valence-electron chi connectivity index (χ1n) is 12.7. The van der Waals surface area contributed by atoms with Crippen LogP contribution in [0.2, 0.25) is 0 Å². The summed E-state index contributed by atoms with van der Waals surface area (Å²) in [5, 5.41) is 1.16. The summed E-state index contributed by atoms with van der Waals surface area (Å²) in [7, 11) is 1.69. The van der Waals surface area contributed by atoms with E-state index in [4.69, 9.17) is 10.5 Å². The van der Waals surface area contributed by atoms with Crippen molar-refractivity contribution in [2.75, 3.05) is 33.3 Å². The molecule has 3 N–H and O–H groups in total. The van der Waals surface area contributed by atoms with Gasteiger partial charge in [0.15, 0.2) is 0 Å². The van der Waals surface area contributed by atoms with Crippen molar-refractivity contribution in [3.8, 4) is 5.75 Å². The Balaban J connectivity index is 0.00000167. The zero-order valence-corrected chi connectivity index (χ0v) is 21.8. The van der Waals surface area contributed by atoms with E-state index < -0.39 is 0 Å². The highest BCUT2D eigenvalue weighted by molar-refractivity contribution is 5.96. The molecule has 1 unspecified atom stereocenters. The molecule has 6 heteroatoms. The molecule has 35 heavy (non-hydrogen) atoms. The zero-order valence-electron chi connectivity index (χ0n) is 21.8. The summed E-state index contributed by atoms with van der Waals surface area (Å²) in [6, 6.07) is 14.4. The topological polar surface area (TPSA) is 74.6 Å². The highest BCUT2D eigenvalue weighted by atomic mass is 16.5. The SMILES string of the molecule is CC.CCN(CC)C(=O)C1C=C(c2cccc3[nH]cc(CN)c23)CN(Cc2cccc(OC)c2)C1. The van der Waals surface area contributed by atoms with Gasteiger partial charge >= 0.3 is 0 Å². The lowest BCUT2D eigenvalue weighted by atomic mass is 9.91. The molecule has 2 aromatic carbocycles. The molecule has 6 nitrogen and oxygen atoms in total. The Bertz CT molecular complexity index is 1150. The number of aromatic amines is 1. The Kier molecular flexibility index (Phi) is 9.52. The number of ether oxygens (including phenoxy) is 1. The van der Waals surface area contributed by atoms with Gasteiger partial charge in [-0.15, -0.1) is 0 Å². The minimum atomic E-state index is -0.185. The first kappa shape index (κ1) is 26.5. The molecule has 188 valence electrons. The fourth-order valence-corrected chi connectivity index (χ4v) is 4.86. The molecule has 1 aromatic heterocycles. The van der Waals surface area contributed by atoms with Crippen LogP contribution < -0.4 is 10.5 Å². The van der Waals surface area contributed by atoms with Crippen molar-refractivity contribution < 1.29 is 9.53 Å². The van der Waals surface area contributed by atoms with Gasteiger partial charge < -0.3 is 20.4 Å². The fourth-order valence-electron chi connectivity index (χ4n) is 4.86. The number of nitrogens with zero attached hydrogens (tertiary/aromatic N) is 2. The maximum Gasteiger partial charge on any atom is 0.230 e. The van der Waals surface area contributed by atoms with Crippen molar-refractivity contribution >= 4 is 22.4 Å². The van der Waals surface area contributed by atoms with Crippen LogP contribution in [0.25, 0.3) is 16.5 Å². The summed E-state index contributed by atoms with van der Waals surface area (Å²) >= 11 is 0. The molecule has 0 radical (unpaired) electrons. The number of hydrogen-bond donors (Lipinski definition) is 2. The minimum absolute atomic E-state index is 0.185. The summed E-state index contributed by atoms with van der Waals surface area (Å²) in [6.45, 7) is 12.2. The highest BCUT2D eigenvalue weighted by Gasteiger charge is 2.29. The predicted octanol–water partition coefficient (Wildman–Crippen LogP) is 5.05. The number of hydrogen-bond acceptors (Lipinski definition) is 4. The third-order valence-corrected chi connectivity index (χ3v) is 6.54. The Hall–Kier alpha value is -3.09. The molecule has 3 aromatic rings. The molecule has 0 fully saturated rings. The monoisotopic (exact) mass is 476 g/mol. The van der Waals surface area contributed by atoms with Gasteiger partial charge in [0.05, 0.1) is 13.0 Å². The molecule has 1 amide bonds. The second-order valence-electron chi connectivity index (χ2n) is 8.58. The molecule has 4 rings (SSSR count). The molecule has 0 saturated heterocycles. The highest BCUT2D eigenvalue weighted by Crippen LogP contribution is 2.32. The maximum absolute atomic E-state index is 13.4. The molecule has 1 aliphatic heterocycles. The minimum Gasteiger partial charge on any atom is -0.497 e. The van der Waals surface area contributed by atoms with E-state index >= 15 is 0 Å². The van der Waals surface area contributed by atoms with Crippen LogP contribution in [-0.2, 0) is 17.9 Å². The van der Waals surface area contributed by atoms with Crippen molar-refractivity contribution in [1.29, 1.82) is 0 Å². The van der Waals surface area contributed by atoms with Crippen molar-refractivity contribution in [3.05, 3.63) is 71.4 Å². The first-order valence-corrected chi connectivity index (χ1v) is 12.7. The first-order chi connectivity index (χ1) is 17.1. The van der Waals surface area contributed by atoms with Crippen LogP contribution in [0, 0.1) is 5.92 Å². The van der Waals surface area contributed by atoms with Crippen LogP contribution in [0.5, 0.6) is 5.75 Å². The Morgan fingerprint density at radius 3 is 2.60 bits per heavy atom. The molecule has 0 aliphatic carbocycles. The van der Waals surface area contributed by atoms with E-state index in [2.05, 4.69) is 46.3 Å². The van der Waals surface area contributed by atoms with E-state index in [9.17, 15) is 4.79 Å². The van der Waals surface area contributed by atoms with E-state index in [0.717, 1.165) is 54.0 Å². The average Bonchev–Trinajstić information content (AvgIpc) is 3.34. The molecule has 1 atom stereocenters. The quantitative estimate of drug-likeness (QED) is 0.477. The Morgan fingerprint density at radius 2 is 1.91 bits per heavy atom. The molecular weight excluding hydrogens is 436 g/mol. The van der Waals surface area contributed by atoms with Gasteiger partial charge in [0.2, 0.25) is 5.91 Å². The number of benzene rings is 2. The van der Waals surface area contributed by atoms with E-state index in [-0.39, 0.29) is 11.8 Å². The molecule has 0 spiro atoms. The van der Waals surface area contributed by atoms with Gasteiger partial charge in [-0.3, -0.25) is 9.69 Å². The van der Waals surface area contributed by atoms with Crippen LogP contribution in [0.4, 0.5) is 0 Å². The van der Waals surface area contributed by atoms with Gasteiger partial charge in [-0.1, -0.05) is 44.2 Å². The summed E-state index contributed by atoms with van der Waals surface area (Å²) in [6.07, 6.45) is 4.18. The standard InChI is InChI=1S/C27H34N4O2.C2H6/c1-4-31(5-2)27(32)21-13-20(24-10-7-11-25-26(24)22(14-28)15-29-25)17-30(18-21)16-19-8-6-9-23(12-19)33-3;1-2/h6-13,15,21,29H,4-5,14,16-18,28H2,1-3H3;1-2H3. The van der Waals surface area contributed by atoms with Crippen LogP contribution >= 0.6 is 0 Å². The van der Waals surface area contributed by atoms with Gasteiger partial charge in [0.25, 0.3) is 0 Å². The number of fused-ring (bicyclic) bond motifs is 1. The normalized spacial score (nSPS) is 15.8. The second kappa shape index (κ2) is 12.6. The van der Waals surface area contributed by atoms with Crippen LogP contribution in [0.3, 0.4) is 0 Å². The van der Waals surface area contributed by atoms with Gasteiger partial charge in [-0.2, -0.15) is 0 Å². The zero-order chi connectivity index (χ0) is 25.4. The number of nitrogens with one attached hydrogen (secondary N) is 1. The number of carbonyl (C=O) groups excluding carboxylic acids is 1. The van der Waals surface area contributed by atoms with Gasteiger partial charge in [0.1, 0.15) is 5.75 Å². The van der Waals surface area contributed by atoms with Crippen LogP contribution in [0.1, 0.15) is 44.4 Å². The predicted molar refractivity (Wildman–Crippen MR) is 145 cm³/mol. The van der Waals surface area contributed by atoms with Crippen molar-refractivity contribution in [2.45, 2.75) is 40.8 Å². The number of H-pyrrole nitrogens is 1. The smallest absolute Gasteiger partial charge is 0.230 e. The van der Waals surface area contributed by atoms with E-state index in [0.29, 0.717) is 13.1 Å². The fraction of sp³-hybridized carbons (Fsp3) is 0.414. The number of amides is 1. The summed E-state index contributed by atoms with van der Waals surface area (Å²) in [5.41, 5.74) is 11.7. The molecule has 2 heterocycles. The van der Waals surface area contributed by atoms with Gasteiger partial charge in [-0.25, -0.2) is 0 Å². The third-order valence-electron chi connectivity index (χ3n) is 6.54. The van der Waals surface area contributed by atoms with Crippen molar-refractivity contribution in [2.24, 2.45) is 11.7 Å². The van der Waals surface area contributed by atoms with Gasteiger partial charge in [-0.05, 0) is 54.3 Å². The number of methoxy groups -OCH3 is 1.